The summed E-state index contributed by atoms with van der Waals surface area (Å²) in [6.45, 7) is 11.2. The van der Waals surface area contributed by atoms with Gasteiger partial charge in [-0.2, -0.15) is 0 Å². The molecule has 29 heavy (non-hydrogen) atoms. The predicted octanol–water partition coefficient (Wildman–Crippen LogP) is 5.22. The van der Waals surface area contributed by atoms with Gasteiger partial charge in [-0.15, -0.1) is 11.3 Å². The molecule has 0 fully saturated rings. The summed E-state index contributed by atoms with van der Waals surface area (Å²) in [6.07, 6.45) is 0. The van der Waals surface area contributed by atoms with E-state index in [1.54, 1.807) is 30.5 Å². The van der Waals surface area contributed by atoms with Gasteiger partial charge in [0, 0.05) is 16.6 Å². The molecular formula is C21H24FN3O2S2. The number of rotatable bonds is 5. The Morgan fingerprint density at radius 2 is 1.93 bits per heavy atom. The van der Waals surface area contributed by atoms with E-state index in [2.05, 4.69) is 5.32 Å². The average molecular weight is 434 g/mol. The number of carbonyl (C=O) groups excluding carboxylic acids is 1. The minimum Gasteiger partial charge on any atom is -0.325 e. The number of hydrogen-bond donors (Lipinski definition) is 1. The molecule has 154 valence electrons. The van der Waals surface area contributed by atoms with Crippen molar-refractivity contribution in [1.29, 1.82) is 0 Å². The fourth-order valence-electron chi connectivity index (χ4n) is 2.95. The number of hydrogen-bond acceptors (Lipinski definition) is 5. The lowest BCUT2D eigenvalue weighted by molar-refractivity contribution is -0.115. The van der Waals surface area contributed by atoms with Crippen LogP contribution in [-0.4, -0.2) is 20.7 Å². The normalized spacial score (nSPS) is 12.6. The largest absolute Gasteiger partial charge is 0.325 e. The van der Waals surface area contributed by atoms with E-state index < -0.39 is 5.25 Å². The SMILES string of the molecule is Cc1ccc(NC(=O)C(C)Sc2nc3sc(C)c(C)c3c(=O)n2C(C)C)cc1F. The Morgan fingerprint density at radius 1 is 1.24 bits per heavy atom. The molecule has 0 saturated carbocycles. The number of benzene rings is 1. The lowest BCUT2D eigenvalue weighted by Gasteiger charge is -2.18. The van der Waals surface area contributed by atoms with Crippen molar-refractivity contribution >= 4 is 44.9 Å². The maximum atomic E-state index is 13.7. The summed E-state index contributed by atoms with van der Waals surface area (Å²) >= 11 is 2.72. The van der Waals surface area contributed by atoms with Crippen LogP contribution < -0.4 is 10.9 Å². The van der Waals surface area contributed by atoms with Gasteiger partial charge < -0.3 is 5.32 Å². The monoisotopic (exact) mass is 433 g/mol. The zero-order valence-corrected chi connectivity index (χ0v) is 18.9. The van der Waals surface area contributed by atoms with Crippen LogP contribution in [0.4, 0.5) is 10.1 Å². The van der Waals surface area contributed by atoms with E-state index in [-0.39, 0.29) is 23.3 Å². The standard InChI is InChI=1S/C21H24FN3O2S2/c1-10(2)25-20(27)17-12(4)13(5)28-19(17)24-21(25)29-14(6)18(26)23-15-8-7-11(3)16(22)9-15/h7-10,14H,1-6H3,(H,23,26). The van der Waals surface area contributed by atoms with E-state index in [0.29, 0.717) is 26.6 Å². The third kappa shape index (κ3) is 4.23. The number of fused-ring (bicyclic) bond motifs is 1. The zero-order chi connectivity index (χ0) is 21.5. The second-order valence-corrected chi connectivity index (χ2v) is 9.85. The number of anilines is 1. The van der Waals surface area contributed by atoms with Gasteiger partial charge in [0.1, 0.15) is 10.6 Å². The summed E-state index contributed by atoms with van der Waals surface area (Å²) < 4.78 is 15.4. The fourth-order valence-corrected chi connectivity index (χ4v) is 5.06. The van der Waals surface area contributed by atoms with E-state index in [9.17, 15) is 14.0 Å². The molecule has 0 spiro atoms. The number of aryl methyl sites for hydroxylation is 3. The number of thioether (sulfide) groups is 1. The second kappa shape index (κ2) is 8.28. The molecule has 3 aromatic rings. The molecule has 0 bridgehead atoms. The number of thiophene rings is 1. The first-order valence-electron chi connectivity index (χ1n) is 9.36. The maximum Gasteiger partial charge on any atom is 0.263 e. The van der Waals surface area contributed by atoms with Gasteiger partial charge in [0.05, 0.1) is 10.6 Å². The highest BCUT2D eigenvalue weighted by Gasteiger charge is 2.22. The summed E-state index contributed by atoms with van der Waals surface area (Å²) in [6, 6.07) is 4.49. The molecule has 1 amide bonds. The molecule has 2 aromatic heterocycles. The molecule has 5 nitrogen and oxygen atoms in total. The first-order valence-corrected chi connectivity index (χ1v) is 11.1. The molecule has 8 heteroatoms. The molecule has 0 aliphatic heterocycles. The first-order chi connectivity index (χ1) is 13.6. The lowest BCUT2D eigenvalue weighted by Crippen LogP contribution is -2.28. The number of nitrogens with zero attached hydrogens (tertiary/aromatic N) is 2. The molecule has 1 N–H and O–H groups in total. The van der Waals surface area contributed by atoms with Crippen molar-refractivity contribution in [1.82, 2.24) is 9.55 Å². The van der Waals surface area contributed by atoms with Crippen molar-refractivity contribution in [3.8, 4) is 0 Å². The van der Waals surface area contributed by atoms with Gasteiger partial charge in [-0.3, -0.25) is 14.2 Å². The molecule has 0 aliphatic carbocycles. The minimum absolute atomic E-state index is 0.0810. The molecule has 2 heterocycles. The van der Waals surface area contributed by atoms with Crippen LogP contribution in [-0.2, 0) is 4.79 Å². The van der Waals surface area contributed by atoms with E-state index in [1.165, 1.54) is 29.2 Å². The highest BCUT2D eigenvalue weighted by molar-refractivity contribution is 8.00. The Morgan fingerprint density at radius 3 is 2.55 bits per heavy atom. The van der Waals surface area contributed by atoms with Gasteiger partial charge in [-0.05, 0) is 64.8 Å². The number of carbonyl (C=O) groups is 1. The van der Waals surface area contributed by atoms with Crippen LogP contribution >= 0.6 is 23.1 Å². The Labute approximate surface area is 177 Å². The summed E-state index contributed by atoms with van der Waals surface area (Å²) in [5.74, 6) is -0.645. The van der Waals surface area contributed by atoms with Crippen LogP contribution in [0.2, 0.25) is 0 Å². The molecule has 3 rings (SSSR count). The van der Waals surface area contributed by atoms with Gasteiger partial charge in [-0.25, -0.2) is 9.37 Å². The predicted molar refractivity (Wildman–Crippen MR) is 119 cm³/mol. The van der Waals surface area contributed by atoms with Crippen molar-refractivity contribution in [2.45, 2.75) is 58.0 Å². The van der Waals surface area contributed by atoms with Crippen molar-refractivity contribution in [3.63, 3.8) is 0 Å². The van der Waals surface area contributed by atoms with Crippen LogP contribution in [0, 0.1) is 26.6 Å². The Balaban J connectivity index is 1.91. The van der Waals surface area contributed by atoms with Crippen LogP contribution in [0.25, 0.3) is 10.2 Å². The summed E-state index contributed by atoms with van der Waals surface area (Å²) in [5, 5.41) is 3.38. The first kappa shape index (κ1) is 21.5. The zero-order valence-electron chi connectivity index (χ0n) is 17.3. The van der Waals surface area contributed by atoms with Gasteiger partial charge in [0.2, 0.25) is 5.91 Å². The molecule has 1 atom stereocenters. The fraction of sp³-hybridized carbons (Fsp3) is 0.381. The summed E-state index contributed by atoms with van der Waals surface area (Å²) in [5.41, 5.74) is 1.80. The average Bonchev–Trinajstić information content (AvgIpc) is 2.92. The van der Waals surface area contributed by atoms with Crippen molar-refractivity contribution in [2.75, 3.05) is 5.32 Å². The highest BCUT2D eigenvalue weighted by atomic mass is 32.2. The summed E-state index contributed by atoms with van der Waals surface area (Å²) in [4.78, 5) is 32.2. The van der Waals surface area contributed by atoms with E-state index in [0.717, 1.165) is 10.4 Å². The van der Waals surface area contributed by atoms with Crippen LogP contribution in [0.15, 0.2) is 28.2 Å². The van der Waals surface area contributed by atoms with Crippen molar-refractivity contribution in [3.05, 3.63) is 50.4 Å². The number of halogens is 1. The number of amides is 1. The maximum absolute atomic E-state index is 13.7. The minimum atomic E-state index is -0.518. The third-order valence-corrected chi connectivity index (χ3v) is 6.98. The molecule has 0 saturated heterocycles. The van der Waals surface area contributed by atoms with Crippen LogP contribution in [0.1, 0.15) is 42.8 Å². The van der Waals surface area contributed by atoms with Gasteiger partial charge in [0.25, 0.3) is 5.56 Å². The van der Waals surface area contributed by atoms with Crippen molar-refractivity contribution in [2.24, 2.45) is 0 Å². The van der Waals surface area contributed by atoms with E-state index >= 15 is 0 Å². The molecule has 0 aliphatic rings. The number of aromatic nitrogens is 2. The van der Waals surface area contributed by atoms with E-state index in [4.69, 9.17) is 4.98 Å². The molecular weight excluding hydrogens is 409 g/mol. The van der Waals surface area contributed by atoms with Gasteiger partial charge in [0.15, 0.2) is 5.16 Å². The Kier molecular flexibility index (Phi) is 6.14. The van der Waals surface area contributed by atoms with Gasteiger partial charge in [-0.1, -0.05) is 17.8 Å². The molecule has 1 aromatic carbocycles. The molecule has 0 radical (unpaired) electrons. The second-order valence-electron chi connectivity index (χ2n) is 7.34. The topological polar surface area (TPSA) is 64.0 Å². The molecule has 1 unspecified atom stereocenters. The quantitative estimate of drug-likeness (QED) is 0.442. The summed E-state index contributed by atoms with van der Waals surface area (Å²) in [7, 11) is 0. The smallest absolute Gasteiger partial charge is 0.263 e. The Hall–Kier alpha value is -2.19. The van der Waals surface area contributed by atoms with Crippen LogP contribution in [0.3, 0.4) is 0 Å². The highest BCUT2D eigenvalue weighted by Crippen LogP contribution is 2.31. The number of nitrogens with one attached hydrogen (secondary N) is 1. The lowest BCUT2D eigenvalue weighted by atomic mass is 10.2. The van der Waals surface area contributed by atoms with Gasteiger partial charge >= 0.3 is 0 Å². The van der Waals surface area contributed by atoms with Crippen molar-refractivity contribution < 1.29 is 9.18 Å². The third-order valence-electron chi connectivity index (χ3n) is 4.81. The Bertz CT molecular complexity index is 1150. The van der Waals surface area contributed by atoms with E-state index in [1.807, 2.05) is 27.7 Å². The van der Waals surface area contributed by atoms with Crippen LogP contribution in [0.5, 0.6) is 0 Å².